The molecule has 0 radical (unpaired) electrons. The van der Waals surface area contributed by atoms with Gasteiger partial charge in [-0.3, -0.25) is 9.48 Å². The molecule has 0 bridgehead atoms. The first-order valence-electron chi connectivity index (χ1n) is 6.33. The fraction of sp³-hybridized carbons (Fsp3) is 0.667. The van der Waals surface area contributed by atoms with Crippen LogP contribution in [0.25, 0.3) is 0 Å². The van der Waals surface area contributed by atoms with Crippen molar-refractivity contribution < 1.29 is 4.79 Å². The van der Waals surface area contributed by atoms with Crippen LogP contribution in [0.3, 0.4) is 0 Å². The van der Waals surface area contributed by atoms with Crippen LogP contribution in [0.2, 0.25) is 0 Å². The lowest BCUT2D eigenvalue weighted by molar-refractivity contribution is -0.131. The molecule has 1 atom stereocenters. The molecule has 1 unspecified atom stereocenters. The van der Waals surface area contributed by atoms with Gasteiger partial charge >= 0.3 is 0 Å². The second-order valence-electron chi connectivity index (χ2n) is 4.92. The maximum Gasteiger partial charge on any atom is 0.224 e. The summed E-state index contributed by atoms with van der Waals surface area (Å²) < 4.78 is 1.79. The molecule has 100 valence electrons. The Hall–Kier alpha value is -1.56. The SMILES string of the molecule is CC(N)CC(=O)N1CCN(c2cnn(C)c2)CC1. The molecular formula is C12H21N5O. The Morgan fingerprint density at radius 3 is 2.61 bits per heavy atom. The van der Waals surface area contributed by atoms with Gasteiger partial charge in [0.2, 0.25) is 5.91 Å². The van der Waals surface area contributed by atoms with E-state index in [2.05, 4.69) is 10.00 Å². The van der Waals surface area contributed by atoms with Crippen molar-refractivity contribution in [3.05, 3.63) is 12.4 Å². The van der Waals surface area contributed by atoms with Gasteiger partial charge in [-0.15, -0.1) is 0 Å². The standard InChI is InChI=1S/C12H21N5O/c1-10(13)7-12(18)17-5-3-16(4-6-17)11-8-14-15(2)9-11/h8-10H,3-7,13H2,1-2H3. The minimum absolute atomic E-state index is 0.0612. The number of hydrogen-bond acceptors (Lipinski definition) is 4. The third kappa shape index (κ3) is 3.01. The first-order chi connectivity index (χ1) is 8.56. The molecule has 1 amide bonds. The van der Waals surface area contributed by atoms with E-state index in [0.29, 0.717) is 6.42 Å². The van der Waals surface area contributed by atoms with Crippen LogP contribution >= 0.6 is 0 Å². The lowest BCUT2D eigenvalue weighted by Gasteiger charge is -2.35. The van der Waals surface area contributed by atoms with E-state index in [4.69, 9.17) is 5.73 Å². The summed E-state index contributed by atoms with van der Waals surface area (Å²) in [5.74, 6) is 0.163. The number of nitrogens with zero attached hydrogens (tertiary/aromatic N) is 4. The van der Waals surface area contributed by atoms with Crippen LogP contribution in [0.1, 0.15) is 13.3 Å². The fourth-order valence-electron chi connectivity index (χ4n) is 2.19. The van der Waals surface area contributed by atoms with E-state index >= 15 is 0 Å². The van der Waals surface area contributed by atoms with Gasteiger partial charge in [-0.25, -0.2) is 0 Å². The molecule has 6 heteroatoms. The zero-order valence-electron chi connectivity index (χ0n) is 11.0. The van der Waals surface area contributed by atoms with Crippen LogP contribution < -0.4 is 10.6 Å². The van der Waals surface area contributed by atoms with Gasteiger partial charge in [-0.2, -0.15) is 5.10 Å². The highest BCUT2D eigenvalue weighted by atomic mass is 16.2. The van der Waals surface area contributed by atoms with Crippen molar-refractivity contribution in [3.8, 4) is 0 Å². The normalized spacial score (nSPS) is 17.9. The molecule has 1 fully saturated rings. The Labute approximate surface area is 107 Å². The minimum atomic E-state index is -0.0612. The second-order valence-corrected chi connectivity index (χ2v) is 4.92. The Kier molecular flexibility index (Phi) is 3.86. The third-order valence-corrected chi connectivity index (χ3v) is 3.19. The summed E-state index contributed by atoms with van der Waals surface area (Å²) in [5.41, 5.74) is 6.77. The first kappa shape index (κ1) is 12.9. The highest BCUT2D eigenvalue weighted by Crippen LogP contribution is 2.15. The lowest BCUT2D eigenvalue weighted by atomic mass is 10.2. The maximum absolute atomic E-state index is 11.9. The van der Waals surface area contributed by atoms with Gasteiger partial charge in [-0.05, 0) is 6.92 Å². The lowest BCUT2D eigenvalue weighted by Crippen LogP contribution is -2.49. The molecule has 6 nitrogen and oxygen atoms in total. The molecule has 1 aliphatic rings. The number of amides is 1. The summed E-state index contributed by atoms with van der Waals surface area (Å²) >= 11 is 0. The average Bonchev–Trinajstić information content (AvgIpc) is 2.75. The number of piperazine rings is 1. The van der Waals surface area contributed by atoms with Crippen LogP contribution in [0.4, 0.5) is 5.69 Å². The second kappa shape index (κ2) is 5.39. The van der Waals surface area contributed by atoms with Crippen molar-refractivity contribution in [2.75, 3.05) is 31.1 Å². The van der Waals surface area contributed by atoms with Gasteiger partial charge in [0, 0.05) is 51.9 Å². The number of anilines is 1. The summed E-state index contributed by atoms with van der Waals surface area (Å²) in [7, 11) is 1.91. The molecular weight excluding hydrogens is 230 g/mol. The zero-order valence-corrected chi connectivity index (χ0v) is 11.0. The van der Waals surface area contributed by atoms with Crippen LogP contribution in [0.5, 0.6) is 0 Å². The fourth-order valence-corrected chi connectivity index (χ4v) is 2.19. The first-order valence-corrected chi connectivity index (χ1v) is 6.33. The van der Waals surface area contributed by atoms with Gasteiger partial charge in [0.25, 0.3) is 0 Å². The van der Waals surface area contributed by atoms with E-state index in [1.54, 1.807) is 4.68 Å². The van der Waals surface area contributed by atoms with Gasteiger partial charge in [0.1, 0.15) is 0 Å². The quantitative estimate of drug-likeness (QED) is 0.808. The van der Waals surface area contributed by atoms with Crippen LogP contribution in [0.15, 0.2) is 12.4 Å². The molecule has 0 aliphatic carbocycles. The summed E-state index contributed by atoms with van der Waals surface area (Å²) in [6.45, 7) is 5.11. The number of rotatable bonds is 3. The third-order valence-electron chi connectivity index (χ3n) is 3.19. The van der Waals surface area contributed by atoms with E-state index in [1.807, 2.05) is 31.3 Å². The van der Waals surface area contributed by atoms with Crippen molar-refractivity contribution in [3.63, 3.8) is 0 Å². The number of carbonyl (C=O) groups excluding carboxylic acids is 1. The van der Waals surface area contributed by atoms with Crippen LogP contribution in [-0.2, 0) is 11.8 Å². The number of nitrogens with two attached hydrogens (primary N) is 1. The maximum atomic E-state index is 11.9. The van der Waals surface area contributed by atoms with E-state index in [1.165, 1.54) is 0 Å². The molecule has 0 spiro atoms. The Morgan fingerprint density at radius 1 is 1.44 bits per heavy atom. The van der Waals surface area contributed by atoms with Crippen molar-refractivity contribution in [1.82, 2.24) is 14.7 Å². The van der Waals surface area contributed by atoms with Gasteiger partial charge in [-0.1, -0.05) is 0 Å². The minimum Gasteiger partial charge on any atom is -0.365 e. The van der Waals surface area contributed by atoms with Crippen molar-refractivity contribution in [2.45, 2.75) is 19.4 Å². The molecule has 1 aromatic rings. The monoisotopic (exact) mass is 251 g/mol. The summed E-state index contributed by atoms with van der Waals surface area (Å²) in [4.78, 5) is 16.0. The smallest absolute Gasteiger partial charge is 0.224 e. The van der Waals surface area contributed by atoms with Gasteiger partial charge in [0.05, 0.1) is 11.9 Å². The molecule has 2 N–H and O–H groups in total. The predicted octanol–water partition coefficient (Wildman–Crippen LogP) is -0.194. The van der Waals surface area contributed by atoms with Crippen LogP contribution in [-0.4, -0.2) is 52.8 Å². The molecule has 2 rings (SSSR count). The average molecular weight is 251 g/mol. The van der Waals surface area contributed by atoms with Gasteiger partial charge in [0.15, 0.2) is 0 Å². The van der Waals surface area contributed by atoms with Crippen molar-refractivity contribution in [2.24, 2.45) is 12.8 Å². The molecule has 18 heavy (non-hydrogen) atoms. The van der Waals surface area contributed by atoms with Crippen molar-refractivity contribution >= 4 is 11.6 Å². The Morgan fingerprint density at radius 2 is 2.11 bits per heavy atom. The largest absolute Gasteiger partial charge is 0.365 e. The van der Waals surface area contributed by atoms with Gasteiger partial charge < -0.3 is 15.5 Å². The highest BCUT2D eigenvalue weighted by Gasteiger charge is 2.22. The number of aromatic nitrogens is 2. The zero-order chi connectivity index (χ0) is 13.1. The van der Waals surface area contributed by atoms with E-state index in [9.17, 15) is 4.79 Å². The Bertz CT molecular complexity index is 406. The molecule has 0 aromatic carbocycles. The predicted molar refractivity (Wildman–Crippen MR) is 70.3 cm³/mol. The molecule has 2 heterocycles. The molecule has 1 aromatic heterocycles. The topological polar surface area (TPSA) is 67.4 Å². The Balaban J connectivity index is 1.86. The highest BCUT2D eigenvalue weighted by molar-refractivity contribution is 5.77. The summed E-state index contributed by atoms with van der Waals surface area (Å²) in [6, 6.07) is -0.0612. The van der Waals surface area contributed by atoms with E-state index < -0.39 is 0 Å². The van der Waals surface area contributed by atoms with Crippen molar-refractivity contribution in [1.29, 1.82) is 0 Å². The summed E-state index contributed by atoms with van der Waals surface area (Å²) in [6.07, 6.45) is 4.30. The molecule has 1 aliphatic heterocycles. The van der Waals surface area contributed by atoms with E-state index in [-0.39, 0.29) is 11.9 Å². The number of aryl methyl sites for hydroxylation is 1. The number of carbonyl (C=O) groups is 1. The molecule has 0 saturated carbocycles. The number of hydrogen-bond donors (Lipinski definition) is 1. The van der Waals surface area contributed by atoms with Crippen LogP contribution in [0, 0.1) is 0 Å². The summed E-state index contributed by atoms with van der Waals surface area (Å²) in [5, 5.41) is 4.16. The van der Waals surface area contributed by atoms with E-state index in [0.717, 1.165) is 31.9 Å². The molecule has 1 saturated heterocycles.